The number of halogens is 3. The normalized spacial score (nSPS) is 11.1. The second kappa shape index (κ2) is 9.04. The van der Waals surface area contributed by atoms with E-state index in [1.807, 2.05) is 0 Å². The lowest BCUT2D eigenvalue weighted by atomic mass is 9.98. The third-order valence-corrected chi connectivity index (χ3v) is 4.76. The van der Waals surface area contributed by atoms with Crippen molar-refractivity contribution in [3.05, 3.63) is 95.1 Å². The van der Waals surface area contributed by atoms with E-state index in [-0.39, 0.29) is 18.4 Å². The fourth-order valence-corrected chi connectivity index (χ4v) is 3.07. The standard InChI is InChI=1S/C24H21F3N2O2/c1-29(2)23(31)18-9-7-16(8-10-18)15-28-22(30)21-6-4-3-5-20(21)17-11-13-19(14-12-17)24(25,26)27/h3-14H,15H2,1-2H3,(H,28,30). The Morgan fingerprint density at radius 2 is 1.48 bits per heavy atom. The number of alkyl halides is 3. The Hall–Kier alpha value is -3.61. The fraction of sp³-hybridized carbons (Fsp3) is 0.167. The molecule has 2 amide bonds. The van der Waals surface area contributed by atoms with E-state index in [2.05, 4.69) is 5.32 Å². The number of nitrogens with zero attached hydrogens (tertiary/aromatic N) is 1. The van der Waals surface area contributed by atoms with Crippen LogP contribution in [0.25, 0.3) is 11.1 Å². The van der Waals surface area contributed by atoms with Gasteiger partial charge < -0.3 is 10.2 Å². The minimum absolute atomic E-state index is 0.110. The van der Waals surface area contributed by atoms with Crippen LogP contribution < -0.4 is 5.32 Å². The van der Waals surface area contributed by atoms with Gasteiger partial charge in [0.2, 0.25) is 0 Å². The van der Waals surface area contributed by atoms with Crippen molar-refractivity contribution in [1.82, 2.24) is 10.2 Å². The van der Waals surface area contributed by atoms with Crippen LogP contribution in [0, 0.1) is 0 Å². The number of rotatable bonds is 5. The average molecular weight is 426 g/mol. The first kappa shape index (κ1) is 22.1. The molecule has 7 heteroatoms. The number of hydrogen-bond donors (Lipinski definition) is 1. The SMILES string of the molecule is CN(C)C(=O)c1ccc(CNC(=O)c2ccccc2-c2ccc(C(F)(F)F)cc2)cc1. The Kier molecular flexibility index (Phi) is 6.44. The molecule has 4 nitrogen and oxygen atoms in total. The molecule has 0 saturated heterocycles. The number of nitrogens with one attached hydrogen (secondary N) is 1. The fourth-order valence-electron chi connectivity index (χ4n) is 3.07. The number of carbonyl (C=O) groups excluding carboxylic acids is 2. The van der Waals surface area contributed by atoms with Crippen LogP contribution in [0.2, 0.25) is 0 Å². The largest absolute Gasteiger partial charge is 0.416 e. The molecule has 1 N–H and O–H groups in total. The van der Waals surface area contributed by atoms with Crippen LogP contribution in [0.5, 0.6) is 0 Å². The zero-order chi connectivity index (χ0) is 22.6. The highest BCUT2D eigenvalue weighted by molar-refractivity contribution is 6.00. The summed E-state index contributed by atoms with van der Waals surface area (Å²) in [6.45, 7) is 0.247. The van der Waals surface area contributed by atoms with Crippen molar-refractivity contribution in [3.8, 4) is 11.1 Å². The van der Waals surface area contributed by atoms with Crippen molar-refractivity contribution >= 4 is 11.8 Å². The monoisotopic (exact) mass is 426 g/mol. The summed E-state index contributed by atoms with van der Waals surface area (Å²) in [5, 5.41) is 2.82. The molecule has 0 bridgehead atoms. The summed E-state index contributed by atoms with van der Waals surface area (Å²) in [4.78, 5) is 26.2. The van der Waals surface area contributed by atoms with E-state index in [1.54, 1.807) is 62.6 Å². The Morgan fingerprint density at radius 1 is 0.871 bits per heavy atom. The molecule has 0 fully saturated rings. The summed E-state index contributed by atoms with van der Waals surface area (Å²) in [6, 6.07) is 18.4. The highest BCUT2D eigenvalue weighted by Gasteiger charge is 2.30. The van der Waals surface area contributed by atoms with Crippen LogP contribution in [0.3, 0.4) is 0 Å². The lowest BCUT2D eigenvalue weighted by molar-refractivity contribution is -0.137. The van der Waals surface area contributed by atoms with Gasteiger partial charge in [-0.25, -0.2) is 0 Å². The van der Waals surface area contributed by atoms with Gasteiger partial charge in [0.25, 0.3) is 11.8 Å². The predicted molar refractivity (Wildman–Crippen MR) is 113 cm³/mol. The third-order valence-electron chi connectivity index (χ3n) is 4.76. The Bertz CT molecular complexity index is 1070. The quantitative estimate of drug-likeness (QED) is 0.624. The van der Waals surface area contributed by atoms with E-state index in [9.17, 15) is 22.8 Å². The Balaban J connectivity index is 1.74. The highest BCUT2D eigenvalue weighted by atomic mass is 19.4. The molecule has 3 aromatic rings. The number of benzene rings is 3. The van der Waals surface area contributed by atoms with Crippen LogP contribution in [0.4, 0.5) is 13.2 Å². The van der Waals surface area contributed by atoms with Crippen LogP contribution in [0.1, 0.15) is 31.8 Å². The van der Waals surface area contributed by atoms with E-state index in [0.717, 1.165) is 17.7 Å². The summed E-state index contributed by atoms with van der Waals surface area (Å²) >= 11 is 0. The molecule has 0 spiro atoms. The molecule has 0 aromatic heterocycles. The van der Waals surface area contributed by atoms with Gasteiger partial charge in [-0.1, -0.05) is 42.5 Å². The minimum atomic E-state index is -4.41. The van der Waals surface area contributed by atoms with Gasteiger partial charge in [0.15, 0.2) is 0 Å². The van der Waals surface area contributed by atoms with Crippen LogP contribution in [-0.2, 0) is 12.7 Å². The van der Waals surface area contributed by atoms with Crippen molar-refractivity contribution in [3.63, 3.8) is 0 Å². The molecule has 0 aliphatic carbocycles. The third kappa shape index (κ3) is 5.31. The smallest absolute Gasteiger partial charge is 0.348 e. The molecular weight excluding hydrogens is 405 g/mol. The summed E-state index contributed by atoms with van der Waals surface area (Å²) < 4.78 is 38.4. The maximum absolute atomic E-state index is 12.8. The van der Waals surface area contributed by atoms with Gasteiger partial charge in [0.1, 0.15) is 0 Å². The Morgan fingerprint density at radius 3 is 2.06 bits per heavy atom. The average Bonchev–Trinajstić information content (AvgIpc) is 2.76. The molecule has 160 valence electrons. The van der Waals surface area contributed by atoms with Crippen molar-refractivity contribution in [2.24, 2.45) is 0 Å². The minimum Gasteiger partial charge on any atom is -0.348 e. The maximum atomic E-state index is 12.8. The van der Waals surface area contributed by atoms with Crippen LogP contribution >= 0.6 is 0 Å². The first-order valence-electron chi connectivity index (χ1n) is 9.52. The molecule has 0 heterocycles. The van der Waals surface area contributed by atoms with E-state index in [4.69, 9.17) is 0 Å². The van der Waals surface area contributed by atoms with E-state index in [1.165, 1.54) is 17.0 Å². The summed E-state index contributed by atoms with van der Waals surface area (Å²) in [7, 11) is 3.34. The van der Waals surface area contributed by atoms with Gasteiger partial charge in [0, 0.05) is 31.8 Å². The first-order valence-corrected chi connectivity index (χ1v) is 9.52. The molecule has 0 aliphatic rings. The lowest BCUT2D eigenvalue weighted by Gasteiger charge is -2.13. The summed E-state index contributed by atoms with van der Waals surface area (Å²) in [6.07, 6.45) is -4.41. The molecule has 3 aromatic carbocycles. The van der Waals surface area contributed by atoms with Gasteiger partial charge in [-0.3, -0.25) is 9.59 Å². The van der Waals surface area contributed by atoms with E-state index in [0.29, 0.717) is 22.3 Å². The van der Waals surface area contributed by atoms with Crippen molar-refractivity contribution in [2.45, 2.75) is 12.7 Å². The van der Waals surface area contributed by atoms with Gasteiger partial charge >= 0.3 is 6.18 Å². The predicted octanol–water partition coefficient (Wildman–Crippen LogP) is 5.00. The van der Waals surface area contributed by atoms with Gasteiger partial charge in [-0.2, -0.15) is 13.2 Å². The van der Waals surface area contributed by atoms with Crippen molar-refractivity contribution < 1.29 is 22.8 Å². The molecule has 0 unspecified atom stereocenters. The topological polar surface area (TPSA) is 49.4 Å². The highest BCUT2D eigenvalue weighted by Crippen LogP contribution is 2.31. The summed E-state index contributed by atoms with van der Waals surface area (Å²) in [5.74, 6) is -0.454. The van der Waals surface area contributed by atoms with Crippen LogP contribution in [-0.4, -0.2) is 30.8 Å². The zero-order valence-corrected chi connectivity index (χ0v) is 17.0. The first-order chi connectivity index (χ1) is 14.7. The number of amides is 2. The van der Waals surface area contributed by atoms with Gasteiger partial charge in [-0.05, 0) is 47.0 Å². The molecule has 3 rings (SSSR count). The molecule has 0 atom stereocenters. The molecular formula is C24H21F3N2O2. The summed E-state index contributed by atoms with van der Waals surface area (Å²) in [5.41, 5.74) is 2.05. The second-order valence-corrected chi connectivity index (χ2v) is 7.20. The van der Waals surface area contributed by atoms with Crippen molar-refractivity contribution in [2.75, 3.05) is 14.1 Å². The van der Waals surface area contributed by atoms with Gasteiger partial charge in [0.05, 0.1) is 5.56 Å². The van der Waals surface area contributed by atoms with E-state index < -0.39 is 11.7 Å². The lowest BCUT2D eigenvalue weighted by Crippen LogP contribution is -2.24. The van der Waals surface area contributed by atoms with E-state index >= 15 is 0 Å². The zero-order valence-electron chi connectivity index (χ0n) is 17.0. The second-order valence-electron chi connectivity index (χ2n) is 7.20. The molecule has 31 heavy (non-hydrogen) atoms. The van der Waals surface area contributed by atoms with Crippen molar-refractivity contribution in [1.29, 1.82) is 0 Å². The molecule has 0 aliphatic heterocycles. The Labute approximate surface area is 178 Å². The number of carbonyl (C=O) groups is 2. The van der Waals surface area contributed by atoms with Crippen LogP contribution in [0.15, 0.2) is 72.8 Å². The molecule has 0 saturated carbocycles. The van der Waals surface area contributed by atoms with Gasteiger partial charge in [-0.15, -0.1) is 0 Å². The maximum Gasteiger partial charge on any atom is 0.416 e. The number of hydrogen-bond acceptors (Lipinski definition) is 2. The molecule has 0 radical (unpaired) electrons.